The van der Waals surface area contributed by atoms with Crippen molar-refractivity contribution in [3.63, 3.8) is 0 Å². The summed E-state index contributed by atoms with van der Waals surface area (Å²) in [4.78, 5) is 16.0. The Morgan fingerprint density at radius 3 is 2.49 bits per heavy atom. The summed E-state index contributed by atoms with van der Waals surface area (Å²) in [6.45, 7) is 0.719. The molecule has 4 aromatic rings. The molecule has 0 radical (unpaired) electrons. The van der Waals surface area contributed by atoms with E-state index >= 15 is 0 Å². The van der Waals surface area contributed by atoms with E-state index in [1.54, 1.807) is 24.3 Å². The number of benzene rings is 3. The third-order valence-corrected chi connectivity index (χ3v) is 7.28. The Morgan fingerprint density at radius 2 is 1.74 bits per heavy atom. The van der Waals surface area contributed by atoms with Crippen molar-refractivity contribution in [2.24, 2.45) is 5.92 Å². The molecule has 0 bridgehead atoms. The van der Waals surface area contributed by atoms with Gasteiger partial charge in [0.05, 0.1) is 23.7 Å². The number of carbonyl (C=O) groups is 1. The van der Waals surface area contributed by atoms with Gasteiger partial charge < -0.3 is 18.8 Å². The van der Waals surface area contributed by atoms with Crippen LogP contribution in [-0.2, 0) is 22.7 Å². The van der Waals surface area contributed by atoms with Crippen molar-refractivity contribution in [1.29, 1.82) is 0 Å². The van der Waals surface area contributed by atoms with Crippen molar-refractivity contribution in [2.45, 2.75) is 45.3 Å². The quantitative estimate of drug-likeness (QED) is 0.202. The zero-order valence-corrected chi connectivity index (χ0v) is 22.3. The second kappa shape index (κ2) is 12.0. The fourth-order valence-corrected chi connectivity index (χ4v) is 5.15. The molecule has 6 nitrogen and oxygen atoms in total. The van der Waals surface area contributed by atoms with Crippen molar-refractivity contribution in [3.05, 3.63) is 76.8 Å². The lowest BCUT2D eigenvalue weighted by atomic mass is 9.89. The monoisotopic (exact) mass is 554 g/mol. The number of nitrogens with zero attached hydrogens (tertiary/aromatic N) is 2. The summed E-state index contributed by atoms with van der Waals surface area (Å²) >= 11 is 6.33. The first-order valence-electron chi connectivity index (χ1n) is 13.0. The zero-order chi connectivity index (χ0) is 27.4. The summed E-state index contributed by atoms with van der Waals surface area (Å²) in [7, 11) is 1.30. The smallest absolute Gasteiger partial charge is 0.343 e. The molecule has 39 heavy (non-hydrogen) atoms. The second-order valence-electron chi connectivity index (χ2n) is 9.74. The van der Waals surface area contributed by atoms with Crippen LogP contribution in [0.4, 0.5) is 8.78 Å². The van der Waals surface area contributed by atoms with Gasteiger partial charge in [0.1, 0.15) is 23.9 Å². The van der Waals surface area contributed by atoms with Crippen molar-refractivity contribution in [1.82, 2.24) is 9.55 Å². The highest BCUT2D eigenvalue weighted by Gasteiger charge is 2.22. The van der Waals surface area contributed by atoms with Gasteiger partial charge in [0.15, 0.2) is 18.2 Å². The summed E-state index contributed by atoms with van der Waals surface area (Å²) < 4.78 is 46.6. The van der Waals surface area contributed by atoms with Gasteiger partial charge in [-0.3, -0.25) is 0 Å². The first-order chi connectivity index (χ1) is 18.9. The number of carbonyl (C=O) groups excluding carboxylic acids is 1. The Bertz CT molecular complexity index is 1470. The summed E-state index contributed by atoms with van der Waals surface area (Å²) in [6.07, 6.45) is 5.73. The van der Waals surface area contributed by atoms with Gasteiger partial charge in [0.2, 0.25) is 0 Å². The van der Waals surface area contributed by atoms with Crippen molar-refractivity contribution >= 4 is 28.6 Å². The Kier molecular flexibility index (Phi) is 8.31. The van der Waals surface area contributed by atoms with Crippen LogP contribution in [0.15, 0.2) is 54.6 Å². The van der Waals surface area contributed by atoms with Crippen molar-refractivity contribution < 1.29 is 27.8 Å². The summed E-state index contributed by atoms with van der Waals surface area (Å²) in [5, 5.41) is 0.493. The van der Waals surface area contributed by atoms with Crippen LogP contribution >= 0.6 is 11.6 Å². The lowest BCUT2D eigenvalue weighted by molar-refractivity contribution is -0.142. The zero-order valence-electron chi connectivity index (χ0n) is 21.6. The standard InChI is InChI=1S/C30H29ClF2N2O4/c1-37-29(36)18-38-22-10-7-20(8-11-22)17-39-28-13-21(31)9-12-23(28)30-34-26-14-24(32)25(33)15-27(26)35(30)16-19-5-3-2-4-6-19/h7-15,19H,2-6,16-18H2,1H3. The largest absolute Gasteiger partial charge is 0.488 e. The molecule has 1 aliphatic carbocycles. The molecule has 0 aliphatic heterocycles. The van der Waals surface area contributed by atoms with Gasteiger partial charge in [-0.25, -0.2) is 18.6 Å². The number of rotatable bonds is 9. The number of aromatic nitrogens is 2. The number of fused-ring (bicyclic) bond motifs is 1. The summed E-state index contributed by atoms with van der Waals surface area (Å²) in [5.41, 5.74) is 2.50. The second-order valence-corrected chi connectivity index (χ2v) is 10.2. The van der Waals surface area contributed by atoms with E-state index in [0.717, 1.165) is 37.3 Å². The third kappa shape index (κ3) is 6.33. The van der Waals surface area contributed by atoms with Gasteiger partial charge in [-0.1, -0.05) is 43.0 Å². The Labute approximate surface area is 230 Å². The highest BCUT2D eigenvalue weighted by Crippen LogP contribution is 2.37. The third-order valence-electron chi connectivity index (χ3n) is 7.04. The van der Waals surface area contributed by atoms with E-state index in [2.05, 4.69) is 4.74 Å². The molecule has 0 atom stereocenters. The minimum Gasteiger partial charge on any atom is -0.488 e. The minimum atomic E-state index is -0.928. The predicted molar refractivity (Wildman–Crippen MR) is 145 cm³/mol. The van der Waals surface area contributed by atoms with Crippen LogP contribution in [0.1, 0.15) is 37.7 Å². The first-order valence-corrected chi connectivity index (χ1v) is 13.4. The molecule has 0 N–H and O–H groups in total. The number of imidazole rings is 1. The molecule has 3 aromatic carbocycles. The van der Waals surface area contributed by atoms with Gasteiger partial charge in [0, 0.05) is 23.7 Å². The number of halogens is 3. The molecule has 0 saturated heterocycles. The number of esters is 1. The van der Waals surface area contributed by atoms with E-state index < -0.39 is 17.6 Å². The fraction of sp³-hybridized carbons (Fsp3) is 0.333. The summed E-state index contributed by atoms with van der Waals surface area (Å²) in [5.74, 6) is -0.235. The molecular weight excluding hydrogens is 526 g/mol. The van der Waals surface area contributed by atoms with E-state index in [1.165, 1.54) is 19.6 Å². The highest BCUT2D eigenvalue weighted by atomic mass is 35.5. The molecular formula is C30H29ClF2N2O4. The number of ether oxygens (including phenoxy) is 3. The Balaban J connectivity index is 1.44. The maximum atomic E-state index is 14.3. The molecule has 1 heterocycles. The molecule has 1 saturated carbocycles. The Hall–Kier alpha value is -3.65. The lowest BCUT2D eigenvalue weighted by Gasteiger charge is -2.23. The van der Waals surface area contributed by atoms with Crippen LogP contribution in [0.25, 0.3) is 22.4 Å². The number of methoxy groups -OCH3 is 1. The van der Waals surface area contributed by atoms with Gasteiger partial charge >= 0.3 is 5.97 Å². The lowest BCUT2D eigenvalue weighted by Crippen LogP contribution is -2.15. The molecule has 1 aliphatic rings. The van der Waals surface area contributed by atoms with Crippen LogP contribution in [0, 0.1) is 17.6 Å². The molecule has 9 heteroatoms. The topological polar surface area (TPSA) is 62.6 Å². The van der Waals surface area contributed by atoms with E-state index in [9.17, 15) is 13.6 Å². The average Bonchev–Trinajstić information content (AvgIpc) is 3.28. The molecule has 1 fully saturated rings. The van der Waals surface area contributed by atoms with Crippen LogP contribution < -0.4 is 9.47 Å². The van der Waals surface area contributed by atoms with Gasteiger partial charge in [-0.15, -0.1) is 0 Å². The molecule has 5 rings (SSSR count). The van der Waals surface area contributed by atoms with Crippen LogP contribution in [-0.4, -0.2) is 29.2 Å². The van der Waals surface area contributed by atoms with Gasteiger partial charge in [-0.2, -0.15) is 0 Å². The predicted octanol–water partition coefficient (Wildman–Crippen LogP) is 7.35. The van der Waals surface area contributed by atoms with Crippen LogP contribution in [0.5, 0.6) is 11.5 Å². The summed E-state index contributed by atoms with van der Waals surface area (Å²) in [6, 6.07) is 14.8. The van der Waals surface area contributed by atoms with Crippen molar-refractivity contribution in [2.75, 3.05) is 13.7 Å². The average molecular weight is 555 g/mol. The maximum absolute atomic E-state index is 14.3. The molecule has 1 aromatic heterocycles. The van der Waals surface area contributed by atoms with E-state index in [0.29, 0.717) is 51.4 Å². The van der Waals surface area contributed by atoms with E-state index in [4.69, 9.17) is 26.1 Å². The number of hydrogen-bond acceptors (Lipinski definition) is 5. The molecule has 0 amide bonds. The first kappa shape index (κ1) is 26.9. The van der Waals surface area contributed by atoms with Crippen LogP contribution in [0.2, 0.25) is 5.02 Å². The maximum Gasteiger partial charge on any atom is 0.343 e. The van der Waals surface area contributed by atoms with Gasteiger partial charge in [0.25, 0.3) is 0 Å². The van der Waals surface area contributed by atoms with Crippen LogP contribution in [0.3, 0.4) is 0 Å². The normalized spacial score (nSPS) is 13.9. The fourth-order valence-electron chi connectivity index (χ4n) is 4.98. The molecule has 204 valence electrons. The number of hydrogen-bond donors (Lipinski definition) is 0. The van der Waals surface area contributed by atoms with E-state index in [-0.39, 0.29) is 13.2 Å². The molecule has 0 unspecified atom stereocenters. The minimum absolute atomic E-state index is 0.173. The highest BCUT2D eigenvalue weighted by molar-refractivity contribution is 6.30. The van der Waals surface area contributed by atoms with Crippen molar-refractivity contribution in [3.8, 4) is 22.9 Å². The molecule has 0 spiro atoms. The van der Waals surface area contributed by atoms with Gasteiger partial charge in [-0.05, 0) is 54.7 Å². The van der Waals surface area contributed by atoms with E-state index in [1.807, 2.05) is 22.8 Å². The SMILES string of the molecule is COC(=O)COc1ccc(COc2cc(Cl)ccc2-c2nc3cc(F)c(F)cc3n2CC2CCCCC2)cc1. The Morgan fingerprint density at radius 1 is 1.00 bits per heavy atom.